The van der Waals surface area contributed by atoms with Gasteiger partial charge in [-0.25, -0.2) is 4.98 Å². The molecule has 2 fully saturated rings. The molecule has 17 nitrogen and oxygen atoms in total. The van der Waals surface area contributed by atoms with Crippen LogP contribution in [0, 0.1) is 19.8 Å². The monoisotopic (exact) mass is 1060 g/mol. The van der Waals surface area contributed by atoms with Crippen LogP contribution >= 0.6 is 34.3 Å². The molecule has 0 spiro atoms. The van der Waals surface area contributed by atoms with Gasteiger partial charge in [0, 0.05) is 45.1 Å². The molecular formula is C53H68ClN9O8S2. The fourth-order valence-electron chi connectivity index (χ4n) is 9.78. The molecule has 1 unspecified atom stereocenters. The number of benzene rings is 2. The summed E-state index contributed by atoms with van der Waals surface area (Å²) < 4.78 is 23.0. The molecule has 3 aliphatic heterocycles. The number of aromatic nitrogens is 1. The number of hydrazone groups is 1. The molecule has 1 saturated carbocycles. The summed E-state index contributed by atoms with van der Waals surface area (Å²) >= 11 is 9.34. The highest BCUT2D eigenvalue weighted by atomic mass is 35.5. The first-order valence-electron chi connectivity index (χ1n) is 25.5. The van der Waals surface area contributed by atoms with Crippen LogP contribution in [0.4, 0.5) is 5.00 Å². The van der Waals surface area contributed by atoms with Crippen LogP contribution in [-0.4, -0.2) is 136 Å². The molecule has 73 heavy (non-hydrogen) atoms. The molecule has 5 atom stereocenters. The van der Waals surface area contributed by atoms with E-state index in [9.17, 15) is 19.2 Å². The highest BCUT2D eigenvalue weighted by Gasteiger charge is 2.42. The Morgan fingerprint density at radius 2 is 1.63 bits per heavy atom. The molecule has 1 saturated heterocycles. The Balaban J connectivity index is 0.714. The summed E-state index contributed by atoms with van der Waals surface area (Å²) in [5.74, 6) is 0.858. The fourth-order valence-corrected chi connectivity index (χ4v) is 12.1. The van der Waals surface area contributed by atoms with Gasteiger partial charge < -0.3 is 39.8 Å². The molecule has 5 heterocycles. The molecule has 20 heteroatoms. The first kappa shape index (κ1) is 54.0. The van der Waals surface area contributed by atoms with Gasteiger partial charge >= 0.3 is 0 Å². The van der Waals surface area contributed by atoms with Gasteiger partial charge in [0.05, 0.1) is 69.9 Å². The van der Waals surface area contributed by atoms with Gasteiger partial charge in [0.2, 0.25) is 23.5 Å². The van der Waals surface area contributed by atoms with Crippen LogP contribution in [0.3, 0.4) is 0 Å². The van der Waals surface area contributed by atoms with E-state index in [-0.39, 0.29) is 54.7 Å². The molecule has 8 rings (SSSR count). The van der Waals surface area contributed by atoms with E-state index in [0.29, 0.717) is 74.8 Å². The van der Waals surface area contributed by atoms with Gasteiger partial charge in [-0.05, 0) is 96.2 Å². The van der Waals surface area contributed by atoms with Crippen molar-refractivity contribution >= 4 is 74.3 Å². The fraction of sp³-hybridized carbons (Fsp3) is 0.528. The number of carbonyl (C=O) groups excluding carboxylic acids is 4. The van der Waals surface area contributed by atoms with Crippen LogP contribution in [0.5, 0.6) is 5.75 Å². The zero-order valence-corrected chi connectivity index (χ0v) is 44.8. The number of amidine groups is 1. The predicted molar refractivity (Wildman–Crippen MR) is 285 cm³/mol. The number of halogens is 1. The molecule has 1 aliphatic carbocycles. The van der Waals surface area contributed by atoms with Crippen molar-refractivity contribution in [1.82, 2.24) is 31.3 Å². The van der Waals surface area contributed by atoms with Crippen LogP contribution in [0.15, 0.2) is 64.0 Å². The number of rotatable bonds is 24. The minimum Gasteiger partial charge on any atom is -0.491 e. The molecule has 4 aliphatic rings. The van der Waals surface area contributed by atoms with E-state index in [2.05, 4.69) is 45.2 Å². The summed E-state index contributed by atoms with van der Waals surface area (Å²) in [6, 6.07) is 13.0. The first-order valence-corrected chi connectivity index (χ1v) is 27.5. The Morgan fingerprint density at radius 3 is 2.37 bits per heavy atom. The van der Waals surface area contributed by atoms with Crippen molar-refractivity contribution in [2.24, 2.45) is 16.0 Å². The number of ketones is 1. The highest BCUT2D eigenvalue weighted by Crippen LogP contribution is 2.42. The Kier molecular flexibility index (Phi) is 19.1. The number of anilines is 1. The zero-order valence-electron chi connectivity index (χ0n) is 42.4. The molecule has 4 aromatic rings. The summed E-state index contributed by atoms with van der Waals surface area (Å²) in [5, 5.41) is 17.8. The van der Waals surface area contributed by atoms with E-state index in [4.69, 9.17) is 40.5 Å². The maximum Gasteiger partial charge on any atom is 0.246 e. The molecule has 2 aromatic heterocycles. The van der Waals surface area contributed by atoms with Crippen LogP contribution in [0.25, 0.3) is 0 Å². The Hall–Kier alpha value is -5.28. The average Bonchev–Trinajstić information content (AvgIpc) is 4.21. The average molecular weight is 1060 g/mol. The smallest absolute Gasteiger partial charge is 0.246 e. The third-order valence-electron chi connectivity index (χ3n) is 14.0. The number of thiophene rings is 1. The Labute approximate surface area is 440 Å². The lowest BCUT2D eigenvalue weighted by Gasteiger charge is -2.35. The van der Waals surface area contributed by atoms with E-state index >= 15 is 0 Å². The maximum atomic E-state index is 14.2. The summed E-state index contributed by atoms with van der Waals surface area (Å²) in [7, 11) is 1.74. The van der Waals surface area contributed by atoms with Crippen molar-refractivity contribution in [3.8, 4) is 5.75 Å². The molecule has 4 N–H and O–H groups in total. The van der Waals surface area contributed by atoms with Crippen molar-refractivity contribution in [1.29, 1.82) is 0 Å². The summed E-state index contributed by atoms with van der Waals surface area (Å²) in [6.45, 7) is 11.3. The molecular weight excluding hydrogens is 990 g/mol. The number of nitrogens with one attached hydrogen (secondary N) is 4. The minimum absolute atomic E-state index is 0.0621. The molecule has 3 amide bonds. The normalized spacial score (nSPS) is 19.5. The first-order chi connectivity index (χ1) is 35.4. The minimum atomic E-state index is -0.585. The number of thiazole rings is 1. The number of fused-ring (bicyclic) bond motifs is 3. The number of amides is 3. The van der Waals surface area contributed by atoms with Gasteiger partial charge in [-0.2, -0.15) is 5.10 Å². The van der Waals surface area contributed by atoms with E-state index in [0.717, 1.165) is 83.2 Å². The van der Waals surface area contributed by atoms with Gasteiger partial charge in [-0.15, -0.1) is 22.7 Å². The summed E-state index contributed by atoms with van der Waals surface area (Å²) in [6.07, 6.45) is 6.49. The van der Waals surface area contributed by atoms with Gasteiger partial charge in [0.15, 0.2) is 0 Å². The number of ether oxygens (including phenoxy) is 4. The zero-order chi connectivity index (χ0) is 51.4. The number of nitrogens with zero attached hydrogens (tertiary/aromatic N) is 5. The lowest BCUT2D eigenvalue weighted by Crippen LogP contribution is -2.55. The van der Waals surface area contributed by atoms with E-state index < -0.39 is 18.1 Å². The van der Waals surface area contributed by atoms with Gasteiger partial charge in [0.25, 0.3) is 0 Å². The quantitative estimate of drug-likeness (QED) is 0.0416. The largest absolute Gasteiger partial charge is 0.491 e. The Bertz CT molecular complexity index is 2620. The number of aryl methyl sites for hydroxylation is 1. The third kappa shape index (κ3) is 13.3. The standard InChI is InChI=1S/C53H68ClN9O8S2/c1-32-34(3)73-53-45(32)46(37-16-18-39(54)19-17-37)57-41(49-61-60-35(4)63(49)53)30-44(64)56-20-22-68-23-24-69-25-26-70-27-28-71-40-14-9-13-38(29-40)48(65)42-31-72-51(58-42)43-15-10-21-62(43)52(67)47(36-11-7-6-8-12-36)59-50(66)33(2)55-5/h9,13-14,16-19,29,31,33,36,41,43,47,49,55,61H,6-8,10-12,15,20-28,30H2,1-5H3,(H,56,64)(H,59,66)/t33-,41-,43-,47-,49?/m0/s1. The van der Waals surface area contributed by atoms with Crippen LogP contribution in [0.1, 0.15) is 114 Å². The van der Waals surface area contributed by atoms with E-state index in [1.165, 1.54) is 16.2 Å². The lowest BCUT2D eigenvalue weighted by atomic mass is 9.83. The maximum absolute atomic E-state index is 14.2. The van der Waals surface area contributed by atoms with Crippen molar-refractivity contribution in [2.75, 3.05) is 71.3 Å². The van der Waals surface area contributed by atoms with Crippen molar-refractivity contribution in [3.63, 3.8) is 0 Å². The highest BCUT2D eigenvalue weighted by molar-refractivity contribution is 7.17. The Morgan fingerprint density at radius 1 is 0.904 bits per heavy atom. The SMILES string of the molecule is CN[C@@H](C)C(=O)N[C@H](C(=O)N1CCC[C@H]1c1nc(C(=O)c2cccc(OCCOCCOCCOCCNC(=O)C[C@@H]3N=C(c4ccc(Cl)cc4)c4c(sc(C)c4C)N4C(C)=NNC34)c2)cs1)C1CCCCC1. The summed E-state index contributed by atoms with van der Waals surface area (Å²) in [5.41, 5.74) is 8.00. The van der Waals surface area contributed by atoms with E-state index in [1.807, 2.05) is 36.1 Å². The van der Waals surface area contributed by atoms with Gasteiger partial charge in [0.1, 0.15) is 46.1 Å². The second kappa shape index (κ2) is 25.8. The number of aliphatic imine (C=N–C) groups is 1. The lowest BCUT2D eigenvalue weighted by molar-refractivity contribution is -0.139. The van der Waals surface area contributed by atoms with E-state index in [1.54, 1.807) is 55.0 Å². The number of carbonyl (C=O) groups is 4. The molecule has 392 valence electrons. The van der Waals surface area contributed by atoms with Crippen LogP contribution in [-0.2, 0) is 28.6 Å². The molecule has 0 radical (unpaired) electrons. The topological polar surface area (TPSA) is 197 Å². The molecule has 0 bridgehead atoms. The van der Waals surface area contributed by atoms with Crippen LogP contribution < -0.4 is 31.0 Å². The van der Waals surface area contributed by atoms with Crippen molar-refractivity contribution < 1.29 is 38.1 Å². The number of likely N-dealkylation sites (N-methyl/N-ethyl adjacent to an activating group) is 1. The second-order valence-corrected chi connectivity index (χ2v) is 21.4. The third-order valence-corrected chi connectivity index (χ3v) is 16.4. The van der Waals surface area contributed by atoms with Crippen LogP contribution in [0.2, 0.25) is 5.02 Å². The second-order valence-electron chi connectivity index (χ2n) is 18.9. The number of hydrogen-bond acceptors (Lipinski definition) is 16. The van der Waals surface area contributed by atoms with Gasteiger partial charge in [-0.1, -0.05) is 55.1 Å². The van der Waals surface area contributed by atoms with Crippen molar-refractivity contribution in [2.45, 2.75) is 109 Å². The number of likely N-dealkylation sites (tertiary alicyclic amines) is 1. The number of hydrogen-bond donors (Lipinski definition) is 4. The summed E-state index contributed by atoms with van der Waals surface area (Å²) in [4.78, 5) is 69.4. The molecule has 2 aromatic carbocycles. The van der Waals surface area contributed by atoms with Gasteiger partial charge in [-0.3, -0.25) is 34.5 Å². The predicted octanol–water partition coefficient (Wildman–Crippen LogP) is 6.97. The van der Waals surface area contributed by atoms with Crippen molar-refractivity contribution in [3.05, 3.63) is 96.8 Å².